The molecule has 0 aromatic heterocycles. The molecule has 0 aliphatic heterocycles. The lowest BCUT2D eigenvalue weighted by Crippen LogP contribution is -2.48. The maximum atomic E-state index is 12.5. The molecule has 1 saturated carbocycles. The predicted octanol–water partition coefficient (Wildman–Crippen LogP) is 2.42. The summed E-state index contributed by atoms with van der Waals surface area (Å²) in [5.74, 6) is -1.52. The fourth-order valence-electron chi connectivity index (χ4n) is 3.44. The van der Waals surface area contributed by atoms with Gasteiger partial charge in [-0.25, -0.2) is 18.0 Å². The lowest BCUT2D eigenvalue weighted by molar-refractivity contribution is -0.127. The maximum Gasteiger partial charge on any atom is 0.338 e. The van der Waals surface area contributed by atoms with Crippen molar-refractivity contribution in [3.63, 3.8) is 0 Å². The van der Waals surface area contributed by atoms with Gasteiger partial charge in [0.2, 0.25) is 10.0 Å². The zero-order valence-corrected chi connectivity index (χ0v) is 19.0. The van der Waals surface area contributed by atoms with Crippen LogP contribution in [0.2, 0.25) is 0 Å². The lowest BCUT2D eigenvalue weighted by Gasteiger charge is -2.23. The number of urea groups is 1. The van der Waals surface area contributed by atoms with Crippen LogP contribution in [0.3, 0.4) is 0 Å². The highest BCUT2D eigenvalue weighted by molar-refractivity contribution is 7.89. The quantitative estimate of drug-likeness (QED) is 0.583. The Morgan fingerprint density at radius 3 is 2.19 bits per heavy atom. The molecule has 1 aliphatic carbocycles. The van der Waals surface area contributed by atoms with Gasteiger partial charge >= 0.3 is 12.0 Å². The molecule has 0 spiro atoms. The second kappa shape index (κ2) is 11.2. The van der Waals surface area contributed by atoms with Crippen molar-refractivity contribution >= 4 is 27.9 Å². The Bertz CT molecular complexity index is 875. The first kappa shape index (κ1) is 24.8. The van der Waals surface area contributed by atoms with Gasteiger partial charge in [-0.15, -0.1) is 0 Å². The average Bonchev–Trinajstić information content (AvgIpc) is 2.75. The Balaban J connectivity index is 1.91. The van der Waals surface area contributed by atoms with Crippen LogP contribution in [0.1, 0.15) is 63.2 Å². The molecule has 0 heterocycles. The van der Waals surface area contributed by atoms with Gasteiger partial charge in [0.05, 0.1) is 10.5 Å². The molecule has 2 rings (SSSR count). The minimum Gasteiger partial charge on any atom is -0.449 e. The molecule has 31 heavy (non-hydrogen) atoms. The SMILES string of the molecule is CCN(CC)S(=O)(=O)c1ccc(C(=O)OC(C)C(=O)NC(=O)NC2CCCCC2)cc1. The van der Waals surface area contributed by atoms with Crippen LogP contribution in [0, 0.1) is 0 Å². The monoisotopic (exact) mass is 453 g/mol. The van der Waals surface area contributed by atoms with Crippen molar-refractivity contribution in [3.8, 4) is 0 Å². The number of nitrogens with one attached hydrogen (secondary N) is 2. The Kier molecular flexibility index (Phi) is 9.00. The van der Waals surface area contributed by atoms with E-state index in [9.17, 15) is 22.8 Å². The van der Waals surface area contributed by atoms with Crippen LogP contribution in [-0.4, -0.2) is 55.9 Å². The van der Waals surface area contributed by atoms with Crippen LogP contribution in [-0.2, 0) is 19.6 Å². The van der Waals surface area contributed by atoms with Gasteiger partial charge in [-0.05, 0) is 44.0 Å². The highest BCUT2D eigenvalue weighted by atomic mass is 32.2. The molecule has 2 N–H and O–H groups in total. The fourth-order valence-corrected chi connectivity index (χ4v) is 4.90. The summed E-state index contributed by atoms with van der Waals surface area (Å²) in [5.41, 5.74) is 0.102. The van der Waals surface area contributed by atoms with Crippen molar-refractivity contribution in [1.29, 1.82) is 0 Å². The van der Waals surface area contributed by atoms with Gasteiger partial charge in [-0.1, -0.05) is 33.1 Å². The van der Waals surface area contributed by atoms with E-state index in [1.165, 1.54) is 35.5 Å². The van der Waals surface area contributed by atoms with Crippen LogP contribution in [0.15, 0.2) is 29.2 Å². The number of benzene rings is 1. The maximum absolute atomic E-state index is 12.5. The molecule has 0 bridgehead atoms. The summed E-state index contributed by atoms with van der Waals surface area (Å²) < 4.78 is 31.4. The van der Waals surface area contributed by atoms with Crippen molar-refractivity contribution in [1.82, 2.24) is 14.9 Å². The number of carbonyl (C=O) groups excluding carboxylic acids is 3. The number of imide groups is 1. The molecule has 0 radical (unpaired) electrons. The summed E-state index contributed by atoms with van der Waals surface area (Å²) in [6.07, 6.45) is 3.81. The van der Waals surface area contributed by atoms with Gasteiger partial charge < -0.3 is 10.1 Å². The summed E-state index contributed by atoms with van der Waals surface area (Å²) in [4.78, 5) is 36.5. The number of hydrogen-bond donors (Lipinski definition) is 2. The van der Waals surface area contributed by atoms with Crippen LogP contribution in [0.25, 0.3) is 0 Å². The van der Waals surface area contributed by atoms with E-state index in [-0.39, 0.29) is 16.5 Å². The number of esters is 1. The molecule has 172 valence electrons. The molecular formula is C21H31N3O6S. The number of hydrogen-bond acceptors (Lipinski definition) is 6. The molecule has 1 atom stereocenters. The Morgan fingerprint density at radius 1 is 1.06 bits per heavy atom. The largest absolute Gasteiger partial charge is 0.449 e. The first-order valence-corrected chi connectivity index (χ1v) is 12.1. The molecule has 9 nitrogen and oxygen atoms in total. The van der Waals surface area contributed by atoms with Gasteiger partial charge in [-0.3, -0.25) is 10.1 Å². The van der Waals surface area contributed by atoms with E-state index in [0.717, 1.165) is 32.1 Å². The Hall–Kier alpha value is -2.46. The number of nitrogens with zero attached hydrogens (tertiary/aromatic N) is 1. The van der Waals surface area contributed by atoms with Crippen molar-refractivity contribution in [2.24, 2.45) is 0 Å². The van der Waals surface area contributed by atoms with E-state index in [1.807, 2.05) is 0 Å². The molecule has 0 saturated heterocycles. The molecule has 1 aromatic rings. The number of carbonyl (C=O) groups is 3. The summed E-state index contributed by atoms with van der Waals surface area (Å²) >= 11 is 0. The van der Waals surface area contributed by atoms with E-state index in [1.54, 1.807) is 13.8 Å². The minimum atomic E-state index is -3.63. The third-order valence-electron chi connectivity index (χ3n) is 5.26. The number of amides is 3. The second-order valence-electron chi connectivity index (χ2n) is 7.46. The minimum absolute atomic E-state index is 0.0468. The molecule has 1 aromatic carbocycles. The third-order valence-corrected chi connectivity index (χ3v) is 7.33. The van der Waals surface area contributed by atoms with Crippen molar-refractivity contribution in [3.05, 3.63) is 29.8 Å². The molecule has 1 unspecified atom stereocenters. The Labute approximate surface area is 183 Å². The zero-order valence-electron chi connectivity index (χ0n) is 18.2. The lowest BCUT2D eigenvalue weighted by atomic mass is 9.96. The molecule has 3 amide bonds. The highest BCUT2D eigenvalue weighted by Gasteiger charge is 2.24. The van der Waals surface area contributed by atoms with Crippen molar-refractivity contribution in [2.75, 3.05) is 13.1 Å². The van der Waals surface area contributed by atoms with Crippen LogP contribution in [0.5, 0.6) is 0 Å². The standard InChI is InChI=1S/C21H31N3O6S/c1-4-24(5-2)31(28,29)18-13-11-16(12-14-18)20(26)30-15(3)19(25)23-21(27)22-17-9-7-6-8-10-17/h11-15,17H,4-10H2,1-3H3,(H2,22,23,25,27). The second-order valence-corrected chi connectivity index (χ2v) is 9.40. The molecule has 1 aliphatic rings. The molecule has 1 fully saturated rings. The van der Waals surface area contributed by atoms with Crippen LogP contribution in [0.4, 0.5) is 4.79 Å². The van der Waals surface area contributed by atoms with Gasteiger partial charge in [0.25, 0.3) is 5.91 Å². The summed E-state index contributed by atoms with van der Waals surface area (Å²) in [7, 11) is -3.63. The van der Waals surface area contributed by atoms with E-state index in [4.69, 9.17) is 4.74 Å². The number of ether oxygens (including phenoxy) is 1. The smallest absolute Gasteiger partial charge is 0.338 e. The van der Waals surface area contributed by atoms with Gasteiger partial charge in [-0.2, -0.15) is 4.31 Å². The topological polar surface area (TPSA) is 122 Å². The zero-order chi connectivity index (χ0) is 23.0. The third kappa shape index (κ3) is 6.76. The van der Waals surface area contributed by atoms with E-state index in [0.29, 0.717) is 13.1 Å². The first-order chi connectivity index (χ1) is 14.7. The number of rotatable bonds is 8. The first-order valence-electron chi connectivity index (χ1n) is 10.6. The van der Waals surface area contributed by atoms with E-state index in [2.05, 4.69) is 10.6 Å². The Morgan fingerprint density at radius 2 is 1.65 bits per heavy atom. The summed E-state index contributed by atoms with van der Waals surface area (Å²) in [5, 5.41) is 4.94. The molecular weight excluding hydrogens is 422 g/mol. The van der Waals surface area contributed by atoms with E-state index < -0.39 is 34.0 Å². The molecule has 10 heteroatoms. The predicted molar refractivity (Wildman–Crippen MR) is 115 cm³/mol. The van der Waals surface area contributed by atoms with E-state index >= 15 is 0 Å². The van der Waals surface area contributed by atoms with Crippen molar-refractivity contribution < 1.29 is 27.5 Å². The normalized spacial score (nSPS) is 15.9. The van der Waals surface area contributed by atoms with Crippen LogP contribution >= 0.6 is 0 Å². The average molecular weight is 454 g/mol. The fraction of sp³-hybridized carbons (Fsp3) is 0.571. The van der Waals surface area contributed by atoms with Gasteiger partial charge in [0.1, 0.15) is 0 Å². The summed E-state index contributed by atoms with van der Waals surface area (Å²) in [6, 6.07) is 4.76. The number of sulfonamides is 1. The van der Waals surface area contributed by atoms with Gasteiger partial charge in [0, 0.05) is 19.1 Å². The summed E-state index contributed by atoms with van der Waals surface area (Å²) in [6.45, 7) is 5.52. The highest BCUT2D eigenvalue weighted by Crippen LogP contribution is 2.18. The van der Waals surface area contributed by atoms with Gasteiger partial charge in [0.15, 0.2) is 6.10 Å². The van der Waals surface area contributed by atoms with Crippen LogP contribution < -0.4 is 10.6 Å². The van der Waals surface area contributed by atoms with Crippen molar-refractivity contribution in [2.45, 2.75) is 69.9 Å².